The summed E-state index contributed by atoms with van der Waals surface area (Å²) < 4.78 is 26.4. The molecule has 1 atom stereocenters. The Balaban J connectivity index is 0.00000361. The Kier molecular flexibility index (Phi) is 7.39. The number of likely N-dealkylation sites (N-methyl/N-ethyl adjacent to an activating group) is 1. The largest absolute Gasteiger partial charge is 0.316 e. The van der Waals surface area contributed by atoms with Crippen LogP contribution < -0.4 is 10.0 Å². The van der Waals surface area contributed by atoms with Crippen LogP contribution >= 0.6 is 24.0 Å². The van der Waals surface area contributed by atoms with E-state index < -0.39 is 25.5 Å². The quantitative estimate of drug-likeness (QED) is 0.602. The molecule has 0 aliphatic carbocycles. The molecule has 1 rings (SSSR count). The molecule has 20 heavy (non-hydrogen) atoms. The summed E-state index contributed by atoms with van der Waals surface area (Å²) in [5, 5.41) is 13.8. The Morgan fingerprint density at radius 3 is 2.55 bits per heavy atom. The smallest absolute Gasteiger partial charge is 0.289 e. The number of sulfonamides is 1. The summed E-state index contributed by atoms with van der Waals surface area (Å²) in [7, 11) is -2.30. The molecule has 1 aromatic rings. The Bertz CT molecular complexity index is 580. The third kappa shape index (κ3) is 4.88. The SMILES string of the molecule is CNC(C)CNS(=O)(=O)c1cc(Cl)ccc1[N+](=O)[O-].Cl. The fourth-order valence-electron chi connectivity index (χ4n) is 1.27. The Labute approximate surface area is 128 Å². The van der Waals surface area contributed by atoms with E-state index >= 15 is 0 Å². The van der Waals surface area contributed by atoms with Crippen molar-refractivity contribution in [2.45, 2.75) is 17.9 Å². The standard InChI is InChI=1S/C10H14ClN3O4S.ClH/c1-7(12-2)6-13-19(17,18)10-5-8(11)3-4-9(10)14(15)16;/h3-5,7,12-13H,6H2,1-2H3;1H. The minimum Gasteiger partial charge on any atom is -0.316 e. The van der Waals surface area contributed by atoms with Crippen LogP contribution in [0.2, 0.25) is 5.02 Å². The zero-order valence-corrected chi connectivity index (χ0v) is 13.2. The van der Waals surface area contributed by atoms with Crippen molar-refractivity contribution in [2.75, 3.05) is 13.6 Å². The number of hydrogen-bond donors (Lipinski definition) is 2. The van der Waals surface area contributed by atoms with Gasteiger partial charge in [-0.25, -0.2) is 13.1 Å². The van der Waals surface area contributed by atoms with E-state index in [2.05, 4.69) is 10.0 Å². The van der Waals surface area contributed by atoms with Crippen molar-refractivity contribution in [2.24, 2.45) is 0 Å². The van der Waals surface area contributed by atoms with Crippen LogP contribution in [0.5, 0.6) is 0 Å². The molecule has 0 amide bonds. The average Bonchev–Trinajstić information content (AvgIpc) is 2.35. The molecule has 0 aliphatic heterocycles. The summed E-state index contributed by atoms with van der Waals surface area (Å²) in [6, 6.07) is 3.30. The third-order valence-electron chi connectivity index (χ3n) is 2.48. The monoisotopic (exact) mass is 343 g/mol. The van der Waals surface area contributed by atoms with Gasteiger partial charge in [0, 0.05) is 23.7 Å². The van der Waals surface area contributed by atoms with Crippen LogP contribution in [0.15, 0.2) is 23.1 Å². The van der Waals surface area contributed by atoms with E-state index in [9.17, 15) is 18.5 Å². The molecular weight excluding hydrogens is 329 g/mol. The summed E-state index contributed by atoms with van der Waals surface area (Å²) >= 11 is 5.69. The normalized spacial score (nSPS) is 12.6. The van der Waals surface area contributed by atoms with Crippen molar-refractivity contribution in [1.29, 1.82) is 0 Å². The lowest BCUT2D eigenvalue weighted by atomic mass is 10.3. The van der Waals surface area contributed by atoms with Gasteiger partial charge in [0.2, 0.25) is 10.0 Å². The molecule has 0 saturated carbocycles. The highest BCUT2D eigenvalue weighted by Gasteiger charge is 2.26. The Morgan fingerprint density at radius 1 is 1.45 bits per heavy atom. The van der Waals surface area contributed by atoms with Gasteiger partial charge in [-0.2, -0.15) is 0 Å². The molecule has 0 bridgehead atoms. The lowest BCUT2D eigenvalue weighted by Gasteiger charge is -2.12. The number of hydrogen-bond acceptors (Lipinski definition) is 5. The van der Waals surface area contributed by atoms with Gasteiger partial charge in [0.15, 0.2) is 4.90 Å². The van der Waals surface area contributed by atoms with E-state index in [-0.39, 0.29) is 30.0 Å². The van der Waals surface area contributed by atoms with E-state index in [1.54, 1.807) is 14.0 Å². The molecule has 7 nitrogen and oxygen atoms in total. The summed E-state index contributed by atoms with van der Waals surface area (Å²) in [6.07, 6.45) is 0. The molecule has 0 saturated heterocycles. The summed E-state index contributed by atoms with van der Waals surface area (Å²) in [6.45, 7) is 1.89. The minimum atomic E-state index is -3.98. The van der Waals surface area contributed by atoms with E-state index in [0.29, 0.717) is 0 Å². The first-order valence-corrected chi connectivity index (χ1v) is 7.25. The lowest BCUT2D eigenvalue weighted by Crippen LogP contribution is -2.37. The first kappa shape index (κ1) is 19.1. The molecule has 10 heteroatoms. The second-order valence-corrected chi connectivity index (χ2v) is 6.08. The van der Waals surface area contributed by atoms with Crippen LogP contribution in [-0.2, 0) is 10.0 Å². The van der Waals surface area contributed by atoms with Gasteiger partial charge in [-0.05, 0) is 26.1 Å². The molecule has 2 N–H and O–H groups in total. The predicted octanol–water partition coefficient (Wildman–Crippen LogP) is 1.56. The fraction of sp³-hybridized carbons (Fsp3) is 0.400. The molecule has 0 aromatic heterocycles. The second-order valence-electron chi connectivity index (χ2n) is 3.91. The topological polar surface area (TPSA) is 101 Å². The maximum Gasteiger partial charge on any atom is 0.289 e. The third-order valence-corrected chi connectivity index (χ3v) is 4.17. The van der Waals surface area contributed by atoms with Gasteiger partial charge in [-0.15, -0.1) is 12.4 Å². The molecule has 0 radical (unpaired) electrons. The van der Waals surface area contributed by atoms with Crippen LogP contribution in [0.1, 0.15) is 6.92 Å². The number of benzene rings is 1. The average molecular weight is 344 g/mol. The molecular formula is C10H15Cl2N3O4S. The molecule has 0 fully saturated rings. The van der Waals surface area contributed by atoms with Gasteiger partial charge in [-0.3, -0.25) is 10.1 Å². The van der Waals surface area contributed by atoms with Gasteiger partial charge in [0.05, 0.1) is 4.92 Å². The van der Waals surface area contributed by atoms with Gasteiger partial charge < -0.3 is 5.32 Å². The highest BCUT2D eigenvalue weighted by atomic mass is 35.5. The molecule has 0 spiro atoms. The van der Waals surface area contributed by atoms with Crippen LogP contribution in [0.25, 0.3) is 0 Å². The Hall–Kier alpha value is -0.930. The summed E-state index contributed by atoms with van der Waals surface area (Å²) in [5.74, 6) is 0. The molecule has 1 aromatic carbocycles. The number of nitrogens with one attached hydrogen (secondary N) is 2. The van der Waals surface area contributed by atoms with Crippen LogP contribution in [0, 0.1) is 10.1 Å². The lowest BCUT2D eigenvalue weighted by molar-refractivity contribution is -0.387. The van der Waals surface area contributed by atoms with Gasteiger partial charge in [0.25, 0.3) is 5.69 Å². The number of rotatable bonds is 6. The first-order chi connectivity index (χ1) is 8.77. The number of nitro groups is 1. The number of nitrogens with zero attached hydrogens (tertiary/aromatic N) is 1. The van der Waals surface area contributed by atoms with Crippen molar-refractivity contribution in [1.82, 2.24) is 10.0 Å². The van der Waals surface area contributed by atoms with Gasteiger partial charge in [-0.1, -0.05) is 11.6 Å². The first-order valence-electron chi connectivity index (χ1n) is 5.39. The van der Waals surface area contributed by atoms with Gasteiger partial charge >= 0.3 is 0 Å². The van der Waals surface area contributed by atoms with Crippen molar-refractivity contribution in [3.05, 3.63) is 33.3 Å². The summed E-state index contributed by atoms with van der Waals surface area (Å²) in [5.41, 5.74) is -0.506. The molecule has 1 unspecified atom stereocenters. The van der Waals surface area contributed by atoms with Crippen molar-refractivity contribution >= 4 is 39.7 Å². The van der Waals surface area contributed by atoms with E-state index in [0.717, 1.165) is 12.1 Å². The molecule has 0 aliphatic rings. The second kappa shape index (κ2) is 7.75. The van der Waals surface area contributed by atoms with Gasteiger partial charge in [0.1, 0.15) is 0 Å². The fourth-order valence-corrected chi connectivity index (χ4v) is 2.83. The molecule has 0 heterocycles. The zero-order valence-electron chi connectivity index (χ0n) is 10.8. The van der Waals surface area contributed by atoms with Crippen molar-refractivity contribution < 1.29 is 13.3 Å². The van der Waals surface area contributed by atoms with E-state index in [4.69, 9.17) is 11.6 Å². The minimum absolute atomic E-state index is 0. The van der Waals surface area contributed by atoms with Crippen molar-refractivity contribution in [3.63, 3.8) is 0 Å². The summed E-state index contributed by atoms with van der Waals surface area (Å²) in [4.78, 5) is 9.64. The maximum absolute atomic E-state index is 12.0. The van der Waals surface area contributed by atoms with E-state index in [1.807, 2.05) is 0 Å². The highest BCUT2D eigenvalue weighted by molar-refractivity contribution is 7.89. The van der Waals surface area contributed by atoms with E-state index in [1.165, 1.54) is 6.07 Å². The maximum atomic E-state index is 12.0. The Morgan fingerprint density at radius 2 is 2.05 bits per heavy atom. The number of halogens is 2. The van der Waals surface area contributed by atoms with Crippen LogP contribution in [0.4, 0.5) is 5.69 Å². The zero-order chi connectivity index (χ0) is 14.6. The van der Waals surface area contributed by atoms with Crippen LogP contribution in [-0.4, -0.2) is 33.0 Å². The van der Waals surface area contributed by atoms with Crippen molar-refractivity contribution in [3.8, 4) is 0 Å². The number of nitro benzene ring substituents is 1. The molecule has 114 valence electrons. The predicted molar refractivity (Wildman–Crippen MR) is 79.1 cm³/mol. The highest BCUT2D eigenvalue weighted by Crippen LogP contribution is 2.26. The van der Waals surface area contributed by atoms with Crippen LogP contribution in [0.3, 0.4) is 0 Å².